The van der Waals surface area contributed by atoms with E-state index >= 15 is 0 Å². The van der Waals surface area contributed by atoms with Gasteiger partial charge in [0.05, 0.1) is 19.1 Å². The average Bonchev–Trinajstić information content (AvgIpc) is 2.37. The number of benzene rings is 1. The minimum Gasteiger partial charge on any atom is -0.493 e. The van der Waals surface area contributed by atoms with Gasteiger partial charge in [0.2, 0.25) is 0 Å². The van der Waals surface area contributed by atoms with E-state index in [9.17, 15) is 4.79 Å². The number of alkyl halides is 1. The Bertz CT molecular complexity index is 379. The third-order valence-electron chi connectivity index (χ3n) is 2.48. The molecule has 3 nitrogen and oxygen atoms in total. The van der Waals surface area contributed by atoms with E-state index in [1.807, 2.05) is 38.1 Å². The van der Waals surface area contributed by atoms with E-state index in [1.54, 1.807) is 0 Å². The molecule has 1 atom stereocenters. The van der Waals surface area contributed by atoms with Crippen LogP contribution in [0.25, 0.3) is 0 Å². The fourth-order valence-corrected chi connectivity index (χ4v) is 1.80. The van der Waals surface area contributed by atoms with Gasteiger partial charge in [-0.2, -0.15) is 0 Å². The van der Waals surface area contributed by atoms with Crippen molar-refractivity contribution in [2.24, 2.45) is 5.92 Å². The van der Waals surface area contributed by atoms with Crippen LogP contribution in [0.15, 0.2) is 24.3 Å². The number of halogens is 1. The van der Waals surface area contributed by atoms with Gasteiger partial charge in [0.15, 0.2) is 0 Å². The molecule has 0 aliphatic carbocycles. The van der Waals surface area contributed by atoms with E-state index in [0.29, 0.717) is 19.6 Å². The molecule has 0 amide bonds. The molecule has 4 heteroatoms. The first-order valence-corrected chi connectivity index (χ1v) is 7.23. The summed E-state index contributed by atoms with van der Waals surface area (Å²) in [4.78, 5) is 11.5. The van der Waals surface area contributed by atoms with Crippen LogP contribution in [-0.2, 0) is 16.0 Å². The summed E-state index contributed by atoms with van der Waals surface area (Å²) in [7, 11) is 0. The topological polar surface area (TPSA) is 35.5 Å². The van der Waals surface area contributed by atoms with E-state index in [0.717, 1.165) is 16.6 Å². The molecular formula is C14H19BrO3. The van der Waals surface area contributed by atoms with Gasteiger partial charge >= 0.3 is 5.97 Å². The molecule has 1 aromatic carbocycles. The highest BCUT2D eigenvalue weighted by Gasteiger charge is 2.14. The van der Waals surface area contributed by atoms with E-state index in [-0.39, 0.29) is 11.9 Å². The highest BCUT2D eigenvalue weighted by Crippen LogP contribution is 2.17. The zero-order valence-corrected chi connectivity index (χ0v) is 12.4. The normalized spacial score (nSPS) is 11.9. The lowest BCUT2D eigenvalue weighted by Gasteiger charge is -2.11. The van der Waals surface area contributed by atoms with Crippen LogP contribution in [0.3, 0.4) is 0 Å². The number of carbonyl (C=O) groups excluding carboxylic acids is 1. The lowest BCUT2D eigenvalue weighted by molar-refractivity contribution is -0.147. The Morgan fingerprint density at radius 1 is 1.44 bits per heavy atom. The molecule has 0 radical (unpaired) electrons. The van der Waals surface area contributed by atoms with Crippen molar-refractivity contribution in [3.05, 3.63) is 29.8 Å². The SMILES string of the molecule is CCOC(=O)C(C)Cc1cccc(OCCBr)c1. The third kappa shape index (κ3) is 5.08. The zero-order valence-electron chi connectivity index (χ0n) is 10.8. The molecule has 0 fully saturated rings. The van der Waals surface area contributed by atoms with E-state index in [2.05, 4.69) is 15.9 Å². The minimum atomic E-state index is -0.149. The van der Waals surface area contributed by atoms with Gasteiger partial charge in [-0.1, -0.05) is 35.0 Å². The van der Waals surface area contributed by atoms with Gasteiger partial charge in [0.25, 0.3) is 0 Å². The first kappa shape index (κ1) is 15.0. The molecule has 0 aliphatic heterocycles. The summed E-state index contributed by atoms with van der Waals surface area (Å²) < 4.78 is 10.5. The molecule has 1 aromatic rings. The van der Waals surface area contributed by atoms with Crippen LogP contribution in [0.2, 0.25) is 0 Å². The molecule has 0 aliphatic rings. The van der Waals surface area contributed by atoms with Crippen molar-refractivity contribution in [1.29, 1.82) is 0 Å². The Kier molecular flexibility index (Phi) is 6.80. The van der Waals surface area contributed by atoms with Crippen LogP contribution in [-0.4, -0.2) is 24.5 Å². The Hall–Kier alpha value is -1.03. The van der Waals surface area contributed by atoms with Crippen LogP contribution in [0.5, 0.6) is 5.75 Å². The highest BCUT2D eigenvalue weighted by molar-refractivity contribution is 9.09. The summed E-state index contributed by atoms with van der Waals surface area (Å²) in [5, 5.41) is 0.802. The second-order valence-electron chi connectivity index (χ2n) is 4.04. The van der Waals surface area contributed by atoms with Crippen molar-refractivity contribution in [2.45, 2.75) is 20.3 Å². The predicted octanol–water partition coefficient (Wildman–Crippen LogP) is 3.20. The molecule has 0 bridgehead atoms. The molecule has 100 valence electrons. The molecule has 1 rings (SSSR count). The monoisotopic (exact) mass is 314 g/mol. The van der Waals surface area contributed by atoms with E-state index < -0.39 is 0 Å². The van der Waals surface area contributed by atoms with Gasteiger partial charge in [-0.25, -0.2) is 0 Å². The number of ether oxygens (including phenoxy) is 2. The molecule has 0 aromatic heterocycles. The summed E-state index contributed by atoms with van der Waals surface area (Å²) >= 11 is 3.32. The summed E-state index contributed by atoms with van der Waals surface area (Å²) in [6, 6.07) is 7.83. The first-order valence-electron chi connectivity index (χ1n) is 6.11. The summed E-state index contributed by atoms with van der Waals surface area (Å²) in [6.45, 7) is 4.76. The average molecular weight is 315 g/mol. The minimum absolute atomic E-state index is 0.128. The van der Waals surface area contributed by atoms with Gasteiger partial charge in [-0.15, -0.1) is 0 Å². The number of hydrogen-bond donors (Lipinski definition) is 0. The lowest BCUT2D eigenvalue weighted by atomic mass is 10.0. The Balaban J connectivity index is 2.58. The van der Waals surface area contributed by atoms with Crippen molar-refractivity contribution in [2.75, 3.05) is 18.5 Å². The first-order chi connectivity index (χ1) is 8.67. The molecule has 1 unspecified atom stereocenters. The largest absolute Gasteiger partial charge is 0.493 e. The molecule has 0 saturated carbocycles. The standard InChI is InChI=1S/C14H19BrO3/c1-3-17-14(16)11(2)9-12-5-4-6-13(10-12)18-8-7-15/h4-6,10-11H,3,7-9H2,1-2H3. The second kappa shape index (κ2) is 8.14. The molecule has 0 spiro atoms. The zero-order chi connectivity index (χ0) is 13.4. The molecule has 0 saturated heterocycles. The van der Waals surface area contributed by atoms with Crippen molar-refractivity contribution in [1.82, 2.24) is 0 Å². The highest BCUT2D eigenvalue weighted by atomic mass is 79.9. The van der Waals surface area contributed by atoms with Crippen LogP contribution in [0, 0.1) is 5.92 Å². The van der Waals surface area contributed by atoms with Gasteiger partial charge < -0.3 is 9.47 Å². The summed E-state index contributed by atoms with van der Waals surface area (Å²) in [6.07, 6.45) is 0.671. The smallest absolute Gasteiger partial charge is 0.308 e. The van der Waals surface area contributed by atoms with E-state index in [4.69, 9.17) is 9.47 Å². The van der Waals surface area contributed by atoms with Gasteiger partial charge in [-0.05, 0) is 31.0 Å². The fraction of sp³-hybridized carbons (Fsp3) is 0.500. The Labute approximate surface area is 117 Å². The number of hydrogen-bond acceptors (Lipinski definition) is 3. The second-order valence-corrected chi connectivity index (χ2v) is 4.84. The maximum absolute atomic E-state index is 11.5. The summed E-state index contributed by atoms with van der Waals surface area (Å²) in [5.41, 5.74) is 1.09. The van der Waals surface area contributed by atoms with Crippen LogP contribution in [0.4, 0.5) is 0 Å². The van der Waals surface area contributed by atoms with Crippen molar-refractivity contribution < 1.29 is 14.3 Å². The number of esters is 1. The number of carbonyl (C=O) groups is 1. The Morgan fingerprint density at radius 3 is 2.89 bits per heavy atom. The van der Waals surface area contributed by atoms with Gasteiger partial charge in [0, 0.05) is 5.33 Å². The fourth-order valence-electron chi connectivity index (χ4n) is 1.64. The molecule has 0 N–H and O–H groups in total. The molecule has 18 heavy (non-hydrogen) atoms. The quantitative estimate of drug-likeness (QED) is 0.572. The van der Waals surface area contributed by atoms with Crippen LogP contribution >= 0.6 is 15.9 Å². The Morgan fingerprint density at radius 2 is 2.22 bits per heavy atom. The van der Waals surface area contributed by atoms with Crippen LogP contribution in [0.1, 0.15) is 19.4 Å². The maximum atomic E-state index is 11.5. The number of rotatable bonds is 7. The van der Waals surface area contributed by atoms with Crippen molar-refractivity contribution >= 4 is 21.9 Å². The van der Waals surface area contributed by atoms with E-state index in [1.165, 1.54) is 0 Å². The predicted molar refractivity (Wildman–Crippen MR) is 75.2 cm³/mol. The van der Waals surface area contributed by atoms with Crippen molar-refractivity contribution in [3.63, 3.8) is 0 Å². The van der Waals surface area contributed by atoms with Crippen LogP contribution < -0.4 is 4.74 Å². The van der Waals surface area contributed by atoms with Crippen molar-refractivity contribution in [3.8, 4) is 5.75 Å². The molecule has 0 heterocycles. The maximum Gasteiger partial charge on any atom is 0.308 e. The summed E-state index contributed by atoms with van der Waals surface area (Å²) in [5.74, 6) is 0.559. The third-order valence-corrected chi connectivity index (χ3v) is 2.80. The lowest BCUT2D eigenvalue weighted by Crippen LogP contribution is -2.16. The molecular weight excluding hydrogens is 296 g/mol. The van der Waals surface area contributed by atoms with Gasteiger partial charge in [-0.3, -0.25) is 4.79 Å². The van der Waals surface area contributed by atoms with Gasteiger partial charge in [0.1, 0.15) is 5.75 Å².